The minimum atomic E-state index is -2.50. The van der Waals surface area contributed by atoms with Gasteiger partial charge in [0.25, 0.3) is 0 Å². The van der Waals surface area contributed by atoms with Crippen LogP contribution >= 0.6 is 0 Å². The van der Waals surface area contributed by atoms with E-state index in [2.05, 4.69) is 4.42 Å². The third-order valence-corrected chi connectivity index (χ3v) is 1.40. The van der Waals surface area contributed by atoms with E-state index in [4.69, 9.17) is 5.11 Å². The second kappa shape index (κ2) is 3.37. The van der Waals surface area contributed by atoms with Gasteiger partial charge < -0.3 is 14.1 Å². The van der Waals surface area contributed by atoms with Crippen LogP contribution in [0.15, 0.2) is 16.7 Å². The van der Waals surface area contributed by atoms with Crippen molar-refractivity contribution in [1.29, 1.82) is 0 Å². The summed E-state index contributed by atoms with van der Waals surface area (Å²) in [7, 11) is 0. The van der Waals surface area contributed by atoms with Crippen molar-refractivity contribution in [3.63, 3.8) is 0 Å². The molecule has 0 spiro atoms. The Morgan fingerprint density at radius 2 is 2.42 bits per heavy atom. The number of aromatic carboxylic acids is 1. The van der Waals surface area contributed by atoms with E-state index in [1.165, 1.54) is 0 Å². The predicted molar refractivity (Wildman–Crippen MR) is 38.2 cm³/mol. The molecule has 2 N–H and O–H groups in total. The summed E-state index contributed by atoms with van der Waals surface area (Å²) < 4.78 is 26.5. The van der Waals surface area contributed by atoms with Gasteiger partial charge in [-0.25, -0.2) is 4.79 Å². The van der Waals surface area contributed by atoms with Crippen LogP contribution < -0.4 is 4.72 Å². The Morgan fingerprint density at radius 3 is 2.83 bits per heavy atom. The van der Waals surface area contributed by atoms with Crippen molar-refractivity contribution >= 4 is 23.1 Å². The minimum Gasteiger partial charge on any atom is -0.755 e. The zero-order valence-electron chi connectivity index (χ0n) is 5.64. The monoisotopic (exact) mass is 190 g/mol. The van der Waals surface area contributed by atoms with Crippen molar-refractivity contribution in [3.8, 4) is 0 Å². The molecular weight excluding hydrogens is 186 g/mol. The second-order valence-electron chi connectivity index (χ2n) is 1.84. The molecule has 0 aliphatic heterocycles. The molecule has 66 valence electrons. The SMILES string of the molecule is O=C(O)c1coc(NS(=O)[O-])c1. The average molecular weight is 190 g/mol. The van der Waals surface area contributed by atoms with Crippen molar-refractivity contribution in [2.45, 2.75) is 0 Å². The van der Waals surface area contributed by atoms with Gasteiger partial charge in [0, 0.05) is 17.3 Å². The van der Waals surface area contributed by atoms with Gasteiger partial charge in [-0.2, -0.15) is 0 Å². The normalized spacial score (nSPS) is 12.4. The maximum absolute atomic E-state index is 10.3. The highest BCUT2D eigenvalue weighted by Gasteiger charge is 2.07. The predicted octanol–water partition coefficient (Wildman–Crippen LogP) is 0.184. The van der Waals surface area contributed by atoms with Crippen molar-refractivity contribution in [2.75, 3.05) is 4.72 Å². The summed E-state index contributed by atoms with van der Waals surface area (Å²) >= 11 is -2.50. The Morgan fingerprint density at radius 1 is 1.75 bits per heavy atom. The molecule has 0 aliphatic rings. The molecule has 1 rings (SSSR count). The van der Waals surface area contributed by atoms with E-state index in [9.17, 15) is 13.6 Å². The molecule has 7 heteroatoms. The van der Waals surface area contributed by atoms with Gasteiger partial charge in [0.15, 0.2) is 0 Å². The van der Waals surface area contributed by atoms with Gasteiger partial charge in [-0.05, 0) is 0 Å². The van der Waals surface area contributed by atoms with Gasteiger partial charge in [0.1, 0.15) is 6.26 Å². The highest BCUT2D eigenvalue weighted by molar-refractivity contribution is 7.80. The van der Waals surface area contributed by atoms with Crippen LogP contribution in [0.25, 0.3) is 0 Å². The van der Waals surface area contributed by atoms with Crippen LogP contribution in [0.4, 0.5) is 5.88 Å². The number of furan rings is 1. The first-order chi connectivity index (χ1) is 5.59. The van der Waals surface area contributed by atoms with E-state index < -0.39 is 17.2 Å². The van der Waals surface area contributed by atoms with E-state index in [0.29, 0.717) is 0 Å². The maximum atomic E-state index is 10.3. The molecule has 0 saturated heterocycles. The molecule has 1 atom stereocenters. The Bertz CT molecular complexity index is 319. The van der Waals surface area contributed by atoms with Crippen molar-refractivity contribution in [2.24, 2.45) is 0 Å². The molecule has 0 aromatic carbocycles. The molecule has 6 nitrogen and oxygen atoms in total. The van der Waals surface area contributed by atoms with Crippen LogP contribution in [0, 0.1) is 0 Å². The molecule has 1 aromatic heterocycles. The van der Waals surface area contributed by atoms with Gasteiger partial charge >= 0.3 is 5.97 Å². The number of hydrogen-bond acceptors (Lipinski definition) is 4. The molecule has 1 aromatic rings. The van der Waals surface area contributed by atoms with Crippen LogP contribution in [0.1, 0.15) is 10.4 Å². The number of carboxylic acids is 1. The average Bonchev–Trinajstić information content (AvgIpc) is 2.34. The van der Waals surface area contributed by atoms with Gasteiger partial charge in [-0.15, -0.1) is 0 Å². The number of rotatable bonds is 3. The lowest BCUT2D eigenvalue weighted by atomic mass is 10.3. The molecule has 0 bridgehead atoms. The van der Waals surface area contributed by atoms with Crippen LogP contribution in [0.5, 0.6) is 0 Å². The Balaban J connectivity index is 2.77. The van der Waals surface area contributed by atoms with Gasteiger partial charge in [-0.3, -0.25) is 8.93 Å². The first kappa shape index (κ1) is 8.75. The minimum absolute atomic E-state index is 0.108. The third kappa shape index (κ3) is 2.07. The van der Waals surface area contributed by atoms with Gasteiger partial charge in [-0.1, -0.05) is 0 Å². The first-order valence-corrected chi connectivity index (χ1v) is 3.85. The van der Waals surface area contributed by atoms with Crippen LogP contribution in [0.3, 0.4) is 0 Å². The Labute approximate surface area is 69.6 Å². The standard InChI is InChI=1S/C5H5NO5S/c7-5(8)3-1-4(11-2-3)6-12(9)10/h1-2,6H,(H,7,8)(H,9,10)/p-1. The van der Waals surface area contributed by atoms with Crippen molar-refractivity contribution in [3.05, 3.63) is 17.9 Å². The maximum Gasteiger partial charge on any atom is 0.339 e. The summed E-state index contributed by atoms with van der Waals surface area (Å²) in [6, 6.07) is 1.07. The second-order valence-corrected chi connectivity index (χ2v) is 2.52. The zero-order chi connectivity index (χ0) is 9.14. The topological polar surface area (TPSA) is 103 Å². The van der Waals surface area contributed by atoms with Crippen LogP contribution in [-0.4, -0.2) is 19.8 Å². The summed E-state index contributed by atoms with van der Waals surface area (Å²) in [5.41, 5.74) is -0.108. The van der Waals surface area contributed by atoms with Gasteiger partial charge in [0.2, 0.25) is 5.88 Å². The molecule has 1 unspecified atom stereocenters. The molecule has 0 aliphatic carbocycles. The van der Waals surface area contributed by atoms with Crippen molar-refractivity contribution < 1.29 is 23.1 Å². The Kier molecular flexibility index (Phi) is 2.46. The summed E-state index contributed by atoms with van der Waals surface area (Å²) in [5.74, 6) is -1.30. The van der Waals surface area contributed by atoms with E-state index >= 15 is 0 Å². The fraction of sp³-hybridized carbons (Fsp3) is 0. The number of nitrogens with one attached hydrogen (secondary N) is 1. The largest absolute Gasteiger partial charge is 0.755 e. The summed E-state index contributed by atoms with van der Waals surface area (Å²) in [6.45, 7) is 0. The molecule has 12 heavy (non-hydrogen) atoms. The number of anilines is 1. The van der Waals surface area contributed by atoms with Gasteiger partial charge in [0.05, 0.1) is 5.56 Å². The quantitative estimate of drug-likeness (QED) is 0.662. The lowest BCUT2D eigenvalue weighted by molar-refractivity contribution is 0.0696. The molecule has 0 fully saturated rings. The summed E-state index contributed by atoms with van der Waals surface area (Å²) in [5, 5.41) is 8.39. The van der Waals surface area contributed by atoms with E-state index in [-0.39, 0.29) is 11.4 Å². The van der Waals surface area contributed by atoms with E-state index in [0.717, 1.165) is 12.3 Å². The molecule has 1 heterocycles. The summed E-state index contributed by atoms with van der Waals surface area (Å²) in [4.78, 5) is 10.3. The van der Waals surface area contributed by atoms with E-state index in [1.54, 1.807) is 0 Å². The highest BCUT2D eigenvalue weighted by atomic mass is 32.2. The fourth-order valence-corrected chi connectivity index (χ4v) is 0.855. The van der Waals surface area contributed by atoms with Crippen LogP contribution in [-0.2, 0) is 11.3 Å². The summed E-state index contributed by atoms with van der Waals surface area (Å²) in [6.07, 6.45) is 0.942. The molecular formula is C5H4NO5S-. The zero-order valence-corrected chi connectivity index (χ0v) is 6.46. The lowest BCUT2D eigenvalue weighted by Crippen LogP contribution is -2.00. The molecule has 0 amide bonds. The number of carboxylic acid groups (broad SMARTS) is 1. The molecule has 0 saturated carbocycles. The number of carbonyl (C=O) groups is 1. The smallest absolute Gasteiger partial charge is 0.339 e. The lowest BCUT2D eigenvalue weighted by Gasteiger charge is -2.02. The third-order valence-electron chi connectivity index (χ3n) is 1.03. The van der Waals surface area contributed by atoms with Crippen LogP contribution in [0.2, 0.25) is 0 Å². The molecule has 0 radical (unpaired) electrons. The first-order valence-electron chi connectivity index (χ1n) is 2.77. The highest BCUT2D eigenvalue weighted by Crippen LogP contribution is 2.12. The fourth-order valence-electron chi connectivity index (χ4n) is 0.584. The Hall–Kier alpha value is -1.34. The van der Waals surface area contributed by atoms with Crippen molar-refractivity contribution in [1.82, 2.24) is 0 Å². The van der Waals surface area contributed by atoms with E-state index in [1.807, 2.05) is 4.72 Å². The number of hydrogen-bond donors (Lipinski definition) is 2.